The van der Waals surface area contributed by atoms with E-state index in [1.165, 1.54) is 18.6 Å². The fourth-order valence-corrected chi connectivity index (χ4v) is 2.43. The van der Waals surface area contributed by atoms with Gasteiger partial charge >= 0.3 is 0 Å². The van der Waals surface area contributed by atoms with Crippen LogP contribution < -0.4 is 5.32 Å². The maximum absolute atomic E-state index is 12.8. The Bertz CT molecular complexity index is 482. The lowest BCUT2D eigenvalue weighted by molar-refractivity contribution is -0.133. The SMILES string of the molecule is O=C(CCc1ccc(F)cc1)NCC(=O)N1CCCCC1. The molecule has 1 aromatic rings. The van der Waals surface area contributed by atoms with Crippen LogP contribution in [0.25, 0.3) is 0 Å². The number of nitrogens with zero attached hydrogens (tertiary/aromatic N) is 1. The molecule has 1 saturated heterocycles. The fourth-order valence-electron chi connectivity index (χ4n) is 2.43. The number of hydrogen-bond donors (Lipinski definition) is 1. The van der Waals surface area contributed by atoms with Crippen LogP contribution in [0.4, 0.5) is 4.39 Å². The molecule has 0 aromatic heterocycles. The van der Waals surface area contributed by atoms with Crippen molar-refractivity contribution in [1.82, 2.24) is 10.2 Å². The Morgan fingerprint density at radius 1 is 1.10 bits per heavy atom. The van der Waals surface area contributed by atoms with E-state index in [0.717, 1.165) is 31.5 Å². The van der Waals surface area contributed by atoms with Crippen molar-refractivity contribution in [2.24, 2.45) is 0 Å². The second kappa shape index (κ2) is 7.76. The van der Waals surface area contributed by atoms with E-state index in [1.807, 2.05) is 4.90 Å². The zero-order chi connectivity index (χ0) is 15.1. The van der Waals surface area contributed by atoms with Gasteiger partial charge in [-0.1, -0.05) is 12.1 Å². The van der Waals surface area contributed by atoms with Gasteiger partial charge in [0.15, 0.2) is 0 Å². The maximum Gasteiger partial charge on any atom is 0.241 e. The van der Waals surface area contributed by atoms with E-state index in [-0.39, 0.29) is 24.2 Å². The van der Waals surface area contributed by atoms with Crippen molar-refractivity contribution in [2.75, 3.05) is 19.6 Å². The van der Waals surface area contributed by atoms with Crippen molar-refractivity contribution < 1.29 is 14.0 Å². The lowest BCUT2D eigenvalue weighted by Crippen LogP contribution is -2.42. The first-order valence-electron chi connectivity index (χ1n) is 7.44. The van der Waals surface area contributed by atoms with Gasteiger partial charge in [0.2, 0.25) is 11.8 Å². The molecule has 1 aliphatic heterocycles. The molecule has 2 amide bonds. The van der Waals surface area contributed by atoms with E-state index in [0.29, 0.717) is 12.8 Å². The Hall–Kier alpha value is -1.91. The van der Waals surface area contributed by atoms with Crippen LogP contribution in [-0.4, -0.2) is 36.3 Å². The normalized spacial score (nSPS) is 14.8. The van der Waals surface area contributed by atoms with Gasteiger partial charge in [0, 0.05) is 19.5 Å². The van der Waals surface area contributed by atoms with Crippen LogP contribution in [0.3, 0.4) is 0 Å². The van der Waals surface area contributed by atoms with Gasteiger partial charge in [-0.3, -0.25) is 9.59 Å². The molecule has 1 heterocycles. The largest absolute Gasteiger partial charge is 0.347 e. The third-order valence-electron chi connectivity index (χ3n) is 3.70. The zero-order valence-electron chi connectivity index (χ0n) is 12.1. The predicted molar refractivity (Wildman–Crippen MR) is 78.2 cm³/mol. The summed E-state index contributed by atoms with van der Waals surface area (Å²) >= 11 is 0. The van der Waals surface area contributed by atoms with Gasteiger partial charge in [-0.2, -0.15) is 0 Å². The van der Waals surface area contributed by atoms with Crippen LogP contribution >= 0.6 is 0 Å². The molecule has 114 valence electrons. The highest BCUT2D eigenvalue weighted by Crippen LogP contribution is 2.08. The monoisotopic (exact) mass is 292 g/mol. The minimum Gasteiger partial charge on any atom is -0.347 e. The zero-order valence-corrected chi connectivity index (χ0v) is 12.1. The number of likely N-dealkylation sites (tertiary alicyclic amines) is 1. The van der Waals surface area contributed by atoms with Gasteiger partial charge in [0.05, 0.1) is 6.54 Å². The molecule has 0 atom stereocenters. The highest BCUT2D eigenvalue weighted by molar-refractivity contribution is 5.84. The summed E-state index contributed by atoms with van der Waals surface area (Å²) in [5, 5.41) is 2.66. The van der Waals surface area contributed by atoms with Crippen molar-refractivity contribution in [3.63, 3.8) is 0 Å². The minimum atomic E-state index is -0.282. The molecule has 21 heavy (non-hydrogen) atoms. The molecule has 1 fully saturated rings. The summed E-state index contributed by atoms with van der Waals surface area (Å²) in [6.07, 6.45) is 4.12. The first-order valence-corrected chi connectivity index (χ1v) is 7.44. The fraction of sp³-hybridized carbons (Fsp3) is 0.500. The first-order chi connectivity index (χ1) is 10.1. The number of hydrogen-bond acceptors (Lipinski definition) is 2. The van der Waals surface area contributed by atoms with Crippen molar-refractivity contribution in [1.29, 1.82) is 0 Å². The summed E-state index contributed by atoms with van der Waals surface area (Å²) < 4.78 is 12.8. The van der Waals surface area contributed by atoms with E-state index < -0.39 is 0 Å². The van der Waals surface area contributed by atoms with Crippen molar-refractivity contribution in [2.45, 2.75) is 32.1 Å². The Labute approximate surface area is 124 Å². The van der Waals surface area contributed by atoms with Gasteiger partial charge in [-0.25, -0.2) is 4.39 Å². The van der Waals surface area contributed by atoms with Gasteiger partial charge in [0.25, 0.3) is 0 Å². The topological polar surface area (TPSA) is 49.4 Å². The van der Waals surface area contributed by atoms with Crippen LogP contribution in [0.1, 0.15) is 31.2 Å². The molecule has 2 rings (SSSR count). The number of rotatable bonds is 5. The molecule has 0 saturated carbocycles. The van der Waals surface area contributed by atoms with Crippen LogP contribution in [0.15, 0.2) is 24.3 Å². The number of halogens is 1. The van der Waals surface area contributed by atoms with Crippen LogP contribution in [-0.2, 0) is 16.0 Å². The molecule has 1 N–H and O–H groups in total. The van der Waals surface area contributed by atoms with Crippen molar-refractivity contribution in [3.05, 3.63) is 35.6 Å². The molecular formula is C16H21FN2O2. The molecular weight excluding hydrogens is 271 g/mol. The maximum atomic E-state index is 12.8. The molecule has 1 aromatic carbocycles. The molecule has 0 aliphatic carbocycles. The molecule has 0 spiro atoms. The van der Waals surface area contributed by atoms with E-state index >= 15 is 0 Å². The summed E-state index contributed by atoms with van der Waals surface area (Å²) in [4.78, 5) is 25.4. The third kappa shape index (κ3) is 5.17. The minimum absolute atomic E-state index is 0.00941. The van der Waals surface area contributed by atoms with E-state index in [4.69, 9.17) is 0 Å². The van der Waals surface area contributed by atoms with Gasteiger partial charge in [-0.05, 0) is 43.4 Å². The molecule has 5 heteroatoms. The summed E-state index contributed by atoms with van der Waals surface area (Å²) in [6, 6.07) is 6.10. The van der Waals surface area contributed by atoms with E-state index in [1.54, 1.807) is 12.1 Å². The third-order valence-corrected chi connectivity index (χ3v) is 3.70. The van der Waals surface area contributed by atoms with E-state index in [2.05, 4.69) is 5.32 Å². The van der Waals surface area contributed by atoms with Gasteiger partial charge in [0.1, 0.15) is 5.82 Å². The Morgan fingerprint density at radius 2 is 1.76 bits per heavy atom. The summed E-state index contributed by atoms with van der Waals surface area (Å²) in [5.74, 6) is -0.440. The lowest BCUT2D eigenvalue weighted by Gasteiger charge is -2.26. The highest BCUT2D eigenvalue weighted by atomic mass is 19.1. The highest BCUT2D eigenvalue weighted by Gasteiger charge is 2.16. The van der Waals surface area contributed by atoms with Crippen LogP contribution in [0, 0.1) is 5.82 Å². The molecule has 0 radical (unpaired) electrons. The van der Waals surface area contributed by atoms with Crippen LogP contribution in [0.5, 0.6) is 0 Å². The summed E-state index contributed by atoms with van der Waals surface area (Å²) in [7, 11) is 0. The number of amides is 2. The smallest absolute Gasteiger partial charge is 0.241 e. The predicted octanol–water partition coefficient (Wildman–Crippen LogP) is 1.89. The second-order valence-electron chi connectivity index (χ2n) is 5.34. The number of aryl methyl sites for hydroxylation is 1. The summed E-state index contributed by atoms with van der Waals surface area (Å²) in [6.45, 7) is 1.66. The number of benzene rings is 1. The first kappa shape index (κ1) is 15.5. The average Bonchev–Trinajstić information content (AvgIpc) is 2.53. The molecule has 1 aliphatic rings. The number of piperidine rings is 1. The molecule has 0 bridgehead atoms. The quantitative estimate of drug-likeness (QED) is 0.901. The number of carbonyl (C=O) groups is 2. The molecule has 0 unspecified atom stereocenters. The second-order valence-corrected chi connectivity index (χ2v) is 5.34. The standard InChI is InChI=1S/C16H21FN2O2/c17-14-7-4-13(5-8-14)6-9-15(20)18-12-16(21)19-10-2-1-3-11-19/h4-5,7-8H,1-3,6,9-12H2,(H,18,20). The van der Waals surface area contributed by atoms with Crippen LogP contribution in [0.2, 0.25) is 0 Å². The number of nitrogens with one attached hydrogen (secondary N) is 1. The van der Waals surface area contributed by atoms with E-state index in [9.17, 15) is 14.0 Å². The summed E-state index contributed by atoms with van der Waals surface area (Å²) in [5.41, 5.74) is 0.911. The van der Waals surface area contributed by atoms with Gasteiger partial charge < -0.3 is 10.2 Å². The molecule has 4 nitrogen and oxygen atoms in total. The Balaban J connectivity index is 1.67. The lowest BCUT2D eigenvalue weighted by atomic mass is 10.1. The van der Waals surface area contributed by atoms with Crippen molar-refractivity contribution >= 4 is 11.8 Å². The van der Waals surface area contributed by atoms with Crippen molar-refractivity contribution in [3.8, 4) is 0 Å². The van der Waals surface area contributed by atoms with Gasteiger partial charge in [-0.15, -0.1) is 0 Å². The Morgan fingerprint density at radius 3 is 2.43 bits per heavy atom. The Kier molecular flexibility index (Phi) is 5.72. The average molecular weight is 292 g/mol. The number of carbonyl (C=O) groups excluding carboxylic acids is 2.